The van der Waals surface area contributed by atoms with Crippen LogP contribution in [0.1, 0.15) is 41.9 Å². The van der Waals surface area contributed by atoms with Crippen LogP contribution in [0.4, 0.5) is 10.1 Å². The second kappa shape index (κ2) is 7.68. The second-order valence-electron chi connectivity index (χ2n) is 6.84. The van der Waals surface area contributed by atoms with Crippen LogP contribution < -0.4 is 4.90 Å². The number of halogens is 1. The summed E-state index contributed by atoms with van der Waals surface area (Å²) in [5.41, 5.74) is 3.74. The zero-order valence-corrected chi connectivity index (χ0v) is 14.7. The Kier molecular flexibility index (Phi) is 5.35. The van der Waals surface area contributed by atoms with E-state index in [4.69, 9.17) is 0 Å². The zero-order chi connectivity index (χ0) is 18.7. The van der Waals surface area contributed by atoms with Crippen molar-refractivity contribution in [3.63, 3.8) is 0 Å². The Labute approximate surface area is 152 Å². The third kappa shape index (κ3) is 4.10. The molecule has 136 valence electrons. The van der Waals surface area contributed by atoms with Gasteiger partial charge in [0.05, 0.1) is 6.42 Å². The minimum Gasteiger partial charge on any atom is -0.481 e. The van der Waals surface area contributed by atoms with Gasteiger partial charge in [-0.1, -0.05) is 29.8 Å². The van der Waals surface area contributed by atoms with E-state index in [2.05, 4.69) is 6.07 Å². The van der Waals surface area contributed by atoms with Crippen LogP contribution in [-0.4, -0.2) is 23.5 Å². The van der Waals surface area contributed by atoms with Gasteiger partial charge in [-0.2, -0.15) is 0 Å². The summed E-state index contributed by atoms with van der Waals surface area (Å²) in [6.07, 6.45) is 1.65. The molecule has 0 aromatic heterocycles. The lowest BCUT2D eigenvalue weighted by atomic mass is 9.91. The molecule has 1 atom stereocenters. The van der Waals surface area contributed by atoms with Crippen LogP contribution in [0.5, 0.6) is 0 Å². The maximum absolute atomic E-state index is 13.5. The molecule has 4 nitrogen and oxygen atoms in total. The summed E-state index contributed by atoms with van der Waals surface area (Å²) in [5.74, 6) is -2.09. The zero-order valence-electron chi connectivity index (χ0n) is 14.7. The number of aryl methyl sites for hydroxylation is 2. The molecule has 26 heavy (non-hydrogen) atoms. The summed E-state index contributed by atoms with van der Waals surface area (Å²) in [6.45, 7) is 2.64. The molecule has 1 N–H and O–H groups in total. The number of fused-ring (bicyclic) bond motifs is 1. The van der Waals surface area contributed by atoms with Crippen LogP contribution in [0, 0.1) is 12.7 Å². The number of nitrogens with zero attached hydrogens (tertiary/aromatic N) is 1. The van der Waals surface area contributed by atoms with Crippen molar-refractivity contribution in [1.29, 1.82) is 0 Å². The number of carboxylic acid groups (broad SMARTS) is 1. The highest BCUT2D eigenvalue weighted by molar-refractivity contribution is 5.95. The molecule has 1 aliphatic rings. The van der Waals surface area contributed by atoms with Crippen molar-refractivity contribution < 1.29 is 19.1 Å². The Morgan fingerprint density at radius 1 is 1.19 bits per heavy atom. The molecule has 1 aliphatic heterocycles. The predicted octanol–water partition coefficient (Wildman–Crippen LogP) is 4.06. The van der Waals surface area contributed by atoms with E-state index >= 15 is 0 Å². The highest BCUT2D eigenvalue weighted by atomic mass is 19.1. The van der Waals surface area contributed by atoms with Crippen molar-refractivity contribution in [2.45, 2.75) is 38.5 Å². The summed E-state index contributed by atoms with van der Waals surface area (Å²) in [7, 11) is 0. The number of hydrogen-bond acceptors (Lipinski definition) is 2. The fraction of sp³-hybridized carbons (Fsp3) is 0.333. The van der Waals surface area contributed by atoms with E-state index in [0.717, 1.165) is 29.7 Å². The number of carbonyl (C=O) groups excluding carboxylic acids is 1. The molecule has 1 heterocycles. The number of carboxylic acids is 1. The first-order valence-corrected chi connectivity index (χ1v) is 8.81. The van der Waals surface area contributed by atoms with E-state index in [0.29, 0.717) is 12.1 Å². The van der Waals surface area contributed by atoms with Crippen LogP contribution in [-0.2, 0) is 16.0 Å². The van der Waals surface area contributed by atoms with E-state index in [9.17, 15) is 19.1 Å². The lowest BCUT2D eigenvalue weighted by Crippen LogP contribution is -2.36. The molecule has 0 bridgehead atoms. The molecular weight excluding hydrogens is 333 g/mol. The molecule has 0 fully saturated rings. The van der Waals surface area contributed by atoms with Crippen LogP contribution in [0.2, 0.25) is 0 Å². The van der Waals surface area contributed by atoms with Gasteiger partial charge in [0.25, 0.3) is 0 Å². The Morgan fingerprint density at radius 3 is 2.73 bits per heavy atom. The number of aliphatic carboxylic acids is 1. The molecule has 3 rings (SSSR count). The van der Waals surface area contributed by atoms with Gasteiger partial charge in [0.2, 0.25) is 5.91 Å². The fourth-order valence-electron chi connectivity index (χ4n) is 3.59. The Morgan fingerprint density at radius 2 is 2.00 bits per heavy atom. The van der Waals surface area contributed by atoms with Crippen LogP contribution >= 0.6 is 0 Å². The highest BCUT2D eigenvalue weighted by Crippen LogP contribution is 2.31. The van der Waals surface area contributed by atoms with E-state index in [1.165, 1.54) is 12.1 Å². The average Bonchev–Trinajstić information content (AvgIpc) is 2.60. The number of hydrogen-bond donors (Lipinski definition) is 1. The molecule has 0 radical (unpaired) electrons. The molecular formula is C21H22FNO3. The first-order valence-electron chi connectivity index (χ1n) is 8.81. The van der Waals surface area contributed by atoms with Crippen molar-refractivity contribution in [3.05, 3.63) is 65.0 Å². The van der Waals surface area contributed by atoms with E-state index in [1.807, 2.05) is 19.1 Å². The third-order valence-electron chi connectivity index (χ3n) is 4.82. The second-order valence-corrected chi connectivity index (χ2v) is 6.84. The topological polar surface area (TPSA) is 57.6 Å². The Balaban J connectivity index is 1.84. The molecule has 1 unspecified atom stereocenters. The summed E-state index contributed by atoms with van der Waals surface area (Å²) >= 11 is 0. The largest absolute Gasteiger partial charge is 0.481 e. The Bertz CT molecular complexity index is 834. The maximum Gasteiger partial charge on any atom is 0.303 e. The molecule has 0 saturated heterocycles. The van der Waals surface area contributed by atoms with Crippen molar-refractivity contribution in [2.24, 2.45) is 0 Å². The molecule has 0 saturated carbocycles. The van der Waals surface area contributed by atoms with Crippen LogP contribution in [0.25, 0.3) is 0 Å². The van der Waals surface area contributed by atoms with E-state index < -0.39 is 17.7 Å². The van der Waals surface area contributed by atoms with Gasteiger partial charge in [0.15, 0.2) is 0 Å². The Hall–Kier alpha value is -2.69. The van der Waals surface area contributed by atoms with Gasteiger partial charge in [-0.3, -0.25) is 9.59 Å². The van der Waals surface area contributed by atoms with Crippen molar-refractivity contribution in [2.75, 3.05) is 11.4 Å². The number of anilines is 1. The average molecular weight is 355 g/mol. The third-order valence-corrected chi connectivity index (χ3v) is 4.82. The van der Waals surface area contributed by atoms with Crippen LogP contribution in [0.3, 0.4) is 0 Å². The first-order chi connectivity index (χ1) is 12.4. The lowest BCUT2D eigenvalue weighted by Gasteiger charge is -2.31. The van der Waals surface area contributed by atoms with E-state index in [1.54, 1.807) is 17.0 Å². The summed E-state index contributed by atoms with van der Waals surface area (Å²) < 4.78 is 13.5. The van der Waals surface area contributed by atoms with E-state index in [-0.39, 0.29) is 18.7 Å². The summed E-state index contributed by atoms with van der Waals surface area (Å²) in [6, 6.07) is 11.9. The van der Waals surface area contributed by atoms with Gasteiger partial charge in [-0.05, 0) is 49.1 Å². The van der Waals surface area contributed by atoms with Gasteiger partial charge in [-0.25, -0.2) is 4.39 Å². The molecule has 0 aliphatic carbocycles. The number of amides is 1. The van der Waals surface area contributed by atoms with Gasteiger partial charge >= 0.3 is 5.97 Å². The molecule has 0 spiro atoms. The molecule has 5 heteroatoms. The van der Waals surface area contributed by atoms with Crippen molar-refractivity contribution in [3.8, 4) is 0 Å². The fourth-order valence-corrected chi connectivity index (χ4v) is 3.59. The highest BCUT2D eigenvalue weighted by Gasteiger charge is 2.27. The number of rotatable bonds is 5. The van der Waals surface area contributed by atoms with Crippen molar-refractivity contribution in [1.82, 2.24) is 0 Å². The maximum atomic E-state index is 13.5. The number of benzene rings is 2. The molecule has 1 amide bonds. The van der Waals surface area contributed by atoms with Crippen molar-refractivity contribution >= 4 is 17.6 Å². The van der Waals surface area contributed by atoms with Gasteiger partial charge < -0.3 is 10.0 Å². The smallest absolute Gasteiger partial charge is 0.303 e. The van der Waals surface area contributed by atoms with Gasteiger partial charge in [0.1, 0.15) is 5.82 Å². The summed E-state index contributed by atoms with van der Waals surface area (Å²) in [4.78, 5) is 25.9. The minimum atomic E-state index is -0.998. The quantitative estimate of drug-likeness (QED) is 0.880. The predicted molar refractivity (Wildman–Crippen MR) is 97.9 cm³/mol. The van der Waals surface area contributed by atoms with Crippen LogP contribution in [0.15, 0.2) is 42.5 Å². The number of carbonyl (C=O) groups is 2. The monoisotopic (exact) mass is 355 g/mol. The lowest BCUT2D eigenvalue weighted by molar-refractivity contribution is -0.137. The molecule has 2 aromatic rings. The van der Waals surface area contributed by atoms with Gasteiger partial charge in [0, 0.05) is 24.6 Å². The molecule has 2 aromatic carbocycles. The minimum absolute atomic E-state index is 0.0447. The summed E-state index contributed by atoms with van der Waals surface area (Å²) in [5, 5.41) is 9.21. The van der Waals surface area contributed by atoms with Gasteiger partial charge in [-0.15, -0.1) is 0 Å². The first kappa shape index (κ1) is 18.1. The standard InChI is InChI=1S/C21H22FNO3/c1-14-7-8-19-16(10-14)5-3-9-23(19)20(24)12-17(13-21(25)26)15-4-2-6-18(22)11-15/h2,4,6-8,10-11,17H,3,5,9,12-13H2,1H3,(H,25,26). The SMILES string of the molecule is Cc1ccc2c(c1)CCCN2C(=O)CC(CC(=O)O)c1cccc(F)c1. The normalized spacial score (nSPS) is 14.6.